The van der Waals surface area contributed by atoms with E-state index in [9.17, 15) is 13.2 Å². The molecule has 1 aromatic heterocycles. The van der Waals surface area contributed by atoms with E-state index in [4.69, 9.17) is 0 Å². The van der Waals surface area contributed by atoms with Crippen LogP contribution in [0.25, 0.3) is 5.69 Å². The van der Waals surface area contributed by atoms with Crippen LogP contribution in [0.1, 0.15) is 29.9 Å². The summed E-state index contributed by atoms with van der Waals surface area (Å²) in [5.41, 5.74) is 2.53. The highest BCUT2D eigenvalue weighted by Crippen LogP contribution is 2.18. The van der Waals surface area contributed by atoms with Crippen molar-refractivity contribution in [2.24, 2.45) is 5.92 Å². The SMILES string of the molecule is Cc1c(C(=O)Nc2ccc(S(=O)(=O)NCC(C)C)cc2)cnn1-c1ccccc1. The highest BCUT2D eigenvalue weighted by molar-refractivity contribution is 7.89. The quantitative estimate of drug-likeness (QED) is 0.622. The monoisotopic (exact) mass is 412 g/mol. The molecule has 2 N–H and O–H groups in total. The van der Waals surface area contributed by atoms with Crippen LogP contribution in [0.15, 0.2) is 65.7 Å². The highest BCUT2D eigenvalue weighted by Gasteiger charge is 2.17. The summed E-state index contributed by atoms with van der Waals surface area (Å²) in [6.07, 6.45) is 1.52. The maximum absolute atomic E-state index is 12.6. The lowest BCUT2D eigenvalue weighted by atomic mass is 10.2. The van der Waals surface area contributed by atoms with E-state index >= 15 is 0 Å². The molecule has 0 spiro atoms. The highest BCUT2D eigenvalue weighted by atomic mass is 32.2. The van der Waals surface area contributed by atoms with E-state index in [0.717, 1.165) is 5.69 Å². The summed E-state index contributed by atoms with van der Waals surface area (Å²) >= 11 is 0. The van der Waals surface area contributed by atoms with Crippen molar-refractivity contribution in [3.05, 3.63) is 72.1 Å². The first-order chi connectivity index (χ1) is 13.8. The van der Waals surface area contributed by atoms with Gasteiger partial charge in [-0.2, -0.15) is 5.10 Å². The molecular weight excluding hydrogens is 388 g/mol. The Morgan fingerprint density at radius 2 is 1.72 bits per heavy atom. The Morgan fingerprint density at radius 3 is 2.34 bits per heavy atom. The lowest BCUT2D eigenvalue weighted by molar-refractivity contribution is 0.102. The molecule has 0 atom stereocenters. The van der Waals surface area contributed by atoms with Gasteiger partial charge in [-0.1, -0.05) is 32.0 Å². The zero-order valence-corrected chi connectivity index (χ0v) is 17.4. The van der Waals surface area contributed by atoms with Gasteiger partial charge in [0.15, 0.2) is 0 Å². The number of nitrogens with zero attached hydrogens (tertiary/aromatic N) is 2. The van der Waals surface area contributed by atoms with Crippen molar-refractivity contribution >= 4 is 21.6 Å². The summed E-state index contributed by atoms with van der Waals surface area (Å²) in [4.78, 5) is 12.8. The van der Waals surface area contributed by atoms with Crippen molar-refractivity contribution in [2.45, 2.75) is 25.7 Å². The van der Waals surface area contributed by atoms with Crippen molar-refractivity contribution in [3.63, 3.8) is 0 Å². The Bertz CT molecular complexity index is 1090. The second kappa shape index (κ2) is 8.59. The van der Waals surface area contributed by atoms with Crippen LogP contribution in [-0.2, 0) is 10.0 Å². The molecule has 2 aromatic carbocycles. The number of carbonyl (C=O) groups is 1. The number of hydrogen-bond acceptors (Lipinski definition) is 4. The normalized spacial score (nSPS) is 11.6. The van der Waals surface area contributed by atoms with Gasteiger partial charge in [0.05, 0.1) is 28.0 Å². The lowest BCUT2D eigenvalue weighted by Gasteiger charge is -2.10. The van der Waals surface area contributed by atoms with Gasteiger partial charge in [-0.25, -0.2) is 17.8 Å². The number of hydrogen-bond donors (Lipinski definition) is 2. The number of nitrogens with one attached hydrogen (secondary N) is 2. The molecule has 1 heterocycles. The van der Waals surface area contributed by atoms with Gasteiger partial charge >= 0.3 is 0 Å². The molecular formula is C21H24N4O3S. The number of sulfonamides is 1. The molecule has 0 radical (unpaired) electrons. The van der Waals surface area contributed by atoms with E-state index in [0.29, 0.717) is 23.5 Å². The predicted octanol–water partition coefficient (Wildman–Crippen LogP) is 3.37. The molecule has 0 fully saturated rings. The van der Waals surface area contributed by atoms with E-state index in [1.165, 1.54) is 18.3 Å². The average Bonchev–Trinajstić information content (AvgIpc) is 3.09. The van der Waals surface area contributed by atoms with Gasteiger partial charge in [0.1, 0.15) is 0 Å². The number of carbonyl (C=O) groups excluding carboxylic acids is 1. The first kappa shape index (κ1) is 20.8. The molecule has 8 heteroatoms. The molecule has 0 aliphatic rings. The fourth-order valence-electron chi connectivity index (χ4n) is 2.74. The van der Waals surface area contributed by atoms with Gasteiger partial charge in [0.2, 0.25) is 10.0 Å². The predicted molar refractivity (Wildman–Crippen MR) is 113 cm³/mol. The molecule has 0 unspecified atom stereocenters. The summed E-state index contributed by atoms with van der Waals surface area (Å²) in [7, 11) is -3.56. The maximum Gasteiger partial charge on any atom is 0.259 e. The molecule has 0 saturated heterocycles. The van der Waals surface area contributed by atoms with Crippen LogP contribution in [0.2, 0.25) is 0 Å². The summed E-state index contributed by atoms with van der Waals surface area (Å²) in [5.74, 6) is -0.0957. The van der Waals surface area contributed by atoms with Crippen molar-refractivity contribution in [1.29, 1.82) is 0 Å². The minimum absolute atomic E-state index is 0.157. The molecule has 7 nitrogen and oxygen atoms in total. The lowest BCUT2D eigenvalue weighted by Crippen LogP contribution is -2.27. The molecule has 0 saturated carbocycles. The topological polar surface area (TPSA) is 93.1 Å². The average molecular weight is 413 g/mol. The van der Waals surface area contributed by atoms with Gasteiger partial charge in [0.25, 0.3) is 5.91 Å². The third-order valence-electron chi connectivity index (χ3n) is 4.36. The third-order valence-corrected chi connectivity index (χ3v) is 5.80. The van der Waals surface area contributed by atoms with Crippen LogP contribution < -0.4 is 10.0 Å². The molecule has 0 aliphatic heterocycles. The van der Waals surface area contributed by atoms with E-state index in [1.54, 1.807) is 16.8 Å². The van der Waals surface area contributed by atoms with E-state index < -0.39 is 10.0 Å². The fraction of sp³-hybridized carbons (Fsp3) is 0.238. The van der Waals surface area contributed by atoms with Crippen molar-refractivity contribution < 1.29 is 13.2 Å². The van der Waals surface area contributed by atoms with Crippen LogP contribution in [0, 0.1) is 12.8 Å². The van der Waals surface area contributed by atoms with E-state index in [2.05, 4.69) is 15.1 Å². The summed E-state index contributed by atoms with van der Waals surface area (Å²) in [6.45, 7) is 6.06. The first-order valence-corrected chi connectivity index (χ1v) is 10.8. The van der Waals surface area contributed by atoms with Crippen LogP contribution >= 0.6 is 0 Å². The number of aromatic nitrogens is 2. The van der Waals surface area contributed by atoms with Crippen molar-refractivity contribution in [1.82, 2.24) is 14.5 Å². The molecule has 1 amide bonds. The summed E-state index contributed by atoms with van der Waals surface area (Å²) in [5, 5.41) is 7.08. The van der Waals surface area contributed by atoms with Gasteiger partial charge in [-0.3, -0.25) is 4.79 Å². The summed E-state index contributed by atoms with van der Waals surface area (Å²) in [6, 6.07) is 15.6. The second-order valence-corrected chi connectivity index (χ2v) is 8.88. The van der Waals surface area contributed by atoms with Crippen LogP contribution in [0.4, 0.5) is 5.69 Å². The number of anilines is 1. The Hall–Kier alpha value is -2.97. The molecule has 0 bridgehead atoms. The summed E-state index contributed by atoms with van der Waals surface area (Å²) < 4.78 is 28.8. The number of benzene rings is 2. The molecule has 152 valence electrons. The van der Waals surface area contributed by atoms with Crippen LogP contribution in [0.5, 0.6) is 0 Å². The van der Waals surface area contributed by atoms with E-state index in [1.807, 2.05) is 51.1 Å². The number of amides is 1. The Morgan fingerprint density at radius 1 is 1.07 bits per heavy atom. The second-order valence-electron chi connectivity index (χ2n) is 7.12. The minimum atomic E-state index is -3.56. The maximum atomic E-state index is 12.6. The Labute approximate surface area is 170 Å². The Balaban J connectivity index is 1.73. The number of para-hydroxylation sites is 1. The van der Waals surface area contributed by atoms with Crippen LogP contribution in [0.3, 0.4) is 0 Å². The zero-order chi connectivity index (χ0) is 21.0. The third kappa shape index (κ3) is 4.90. The standard InChI is InChI=1S/C21H24N4O3S/c1-15(2)13-23-29(27,28)19-11-9-17(10-12-19)24-21(26)20-14-22-25(16(20)3)18-7-5-4-6-8-18/h4-12,14-15,23H,13H2,1-3H3,(H,24,26). The van der Waals surface area contributed by atoms with Gasteiger partial charge in [-0.05, 0) is 49.2 Å². The van der Waals surface area contributed by atoms with Crippen molar-refractivity contribution in [2.75, 3.05) is 11.9 Å². The molecule has 3 rings (SSSR count). The molecule has 29 heavy (non-hydrogen) atoms. The van der Waals surface area contributed by atoms with E-state index in [-0.39, 0.29) is 16.7 Å². The zero-order valence-electron chi connectivity index (χ0n) is 16.6. The largest absolute Gasteiger partial charge is 0.322 e. The number of rotatable bonds is 7. The first-order valence-electron chi connectivity index (χ1n) is 9.29. The van der Waals surface area contributed by atoms with Crippen molar-refractivity contribution in [3.8, 4) is 5.69 Å². The van der Waals surface area contributed by atoms with Crippen LogP contribution in [-0.4, -0.2) is 30.7 Å². The smallest absolute Gasteiger partial charge is 0.259 e. The van der Waals surface area contributed by atoms with Gasteiger partial charge < -0.3 is 5.32 Å². The molecule has 3 aromatic rings. The minimum Gasteiger partial charge on any atom is -0.322 e. The molecule has 0 aliphatic carbocycles. The fourth-order valence-corrected chi connectivity index (χ4v) is 3.95. The van der Waals surface area contributed by atoms with Gasteiger partial charge in [-0.15, -0.1) is 0 Å². The van der Waals surface area contributed by atoms with Gasteiger partial charge in [0, 0.05) is 12.2 Å². The Kier molecular flexibility index (Phi) is 6.14.